The summed E-state index contributed by atoms with van der Waals surface area (Å²) in [5, 5.41) is 0. The molecular weight excluding hydrogens is 188 g/mol. The molecule has 1 aromatic carbocycles. The van der Waals surface area contributed by atoms with Gasteiger partial charge in [-0.25, -0.2) is 9.59 Å². The SMILES string of the molecule is O=C1O[SiH2]OC(=O)c2ccc1cc2. The fourth-order valence-electron chi connectivity index (χ4n) is 1.05. The summed E-state index contributed by atoms with van der Waals surface area (Å²) in [6.07, 6.45) is 0. The summed E-state index contributed by atoms with van der Waals surface area (Å²) in [5.41, 5.74) is 0.907. The second-order valence-electron chi connectivity index (χ2n) is 2.56. The Morgan fingerprint density at radius 1 is 0.846 bits per heavy atom. The van der Waals surface area contributed by atoms with Gasteiger partial charge in [0, 0.05) is 0 Å². The Morgan fingerprint density at radius 3 is 1.62 bits per heavy atom. The molecule has 0 radical (unpaired) electrons. The molecule has 0 aromatic heterocycles. The van der Waals surface area contributed by atoms with Crippen LogP contribution in [0.1, 0.15) is 20.7 Å². The van der Waals surface area contributed by atoms with Crippen LogP contribution in [0.25, 0.3) is 0 Å². The lowest BCUT2D eigenvalue weighted by atomic mass is 10.1. The van der Waals surface area contributed by atoms with Crippen molar-refractivity contribution in [2.24, 2.45) is 0 Å². The van der Waals surface area contributed by atoms with Crippen molar-refractivity contribution in [2.45, 2.75) is 0 Å². The molecule has 0 saturated heterocycles. The topological polar surface area (TPSA) is 52.6 Å². The van der Waals surface area contributed by atoms with E-state index in [0.29, 0.717) is 11.1 Å². The Morgan fingerprint density at radius 2 is 1.23 bits per heavy atom. The molecule has 1 aromatic rings. The number of carbonyl (C=O) groups is 2. The molecule has 2 aliphatic rings. The quantitative estimate of drug-likeness (QED) is 0.546. The maximum absolute atomic E-state index is 11.2. The van der Waals surface area contributed by atoms with Gasteiger partial charge in [-0.15, -0.1) is 0 Å². The van der Waals surface area contributed by atoms with Gasteiger partial charge in [-0.1, -0.05) is 0 Å². The third-order valence-electron chi connectivity index (χ3n) is 1.74. The standard InChI is InChI=1S/C8H6O4Si/c9-7-5-1-2-6(4-3-5)8(10)12-13-11-7/h1-4H,13H2. The highest BCUT2D eigenvalue weighted by Crippen LogP contribution is 2.09. The smallest absolute Gasteiger partial charge is 0.432 e. The van der Waals surface area contributed by atoms with Crippen LogP contribution in [0.2, 0.25) is 0 Å². The Kier molecular flexibility index (Phi) is 1.86. The zero-order valence-electron chi connectivity index (χ0n) is 6.65. The van der Waals surface area contributed by atoms with Crippen LogP contribution in [0, 0.1) is 0 Å². The maximum Gasteiger partial charge on any atom is 0.432 e. The van der Waals surface area contributed by atoms with Gasteiger partial charge in [0.2, 0.25) is 0 Å². The predicted octanol–water partition coefficient (Wildman–Crippen LogP) is 0.0126. The van der Waals surface area contributed by atoms with Gasteiger partial charge in [0.05, 0.1) is 11.1 Å². The van der Waals surface area contributed by atoms with Crippen molar-refractivity contribution in [1.82, 2.24) is 0 Å². The van der Waals surface area contributed by atoms with Gasteiger partial charge < -0.3 is 8.85 Å². The van der Waals surface area contributed by atoms with Crippen molar-refractivity contribution in [1.29, 1.82) is 0 Å². The lowest BCUT2D eigenvalue weighted by molar-refractivity contribution is 0.0637. The number of hydrogen-bond donors (Lipinski definition) is 0. The first-order valence-electron chi connectivity index (χ1n) is 3.72. The van der Waals surface area contributed by atoms with E-state index in [9.17, 15) is 9.59 Å². The summed E-state index contributed by atoms with van der Waals surface area (Å²) >= 11 is 0. The van der Waals surface area contributed by atoms with Gasteiger partial charge in [0.25, 0.3) is 0 Å². The van der Waals surface area contributed by atoms with Crippen LogP contribution in [-0.2, 0) is 8.85 Å². The molecule has 2 heterocycles. The van der Waals surface area contributed by atoms with Crippen LogP contribution in [0.4, 0.5) is 0 Å². The second-order valence-corrected chi connectivity index (χ2v) is 3.37. The molecule has 2 bridgehead atoms. The average molecular weight is 194 g/mol. The molecule has 0 spiro atoms. The van der Waals surface area contributed by atoms with Crippen LogP contribution in [-0.4, -0.2) is 21.9 Å². The first kappa shape index (κ1) is 8.00. The van der Waals surface area contributed by atoms with Gasteiger partial charge in [-0.3, -0.25) is 0 Å². The summed E-state index contributed by atoms with van der Waals surface area (Å²) < 4.78 is 9.53. The molecule has 5 heteroatoms. The molecule has 0 aliphatic carbocycles. The van der Waals surface area contributed by atoms with Crippen molar-refractivity contribution in [3.63, 3.8) is 0 Å². The molecule has 4 nitrogen and oxygen atoms in total. The van der Waals surface area contributed by atoms with Crippen LogP contribution in [0.15, 0.2) is 24.3 Å². The van der Waals surface area contributed by atoms with Crippen LogP contribution in [0.5, 0.6) is 0 Å². The molecule has 0 amide bonds. The summed E-state index contributed by atoms with van der Waals surface area (Å²) in [6, 6.07) is 6.22. The van der Waals surface area contributed by atoms with Gasteiger partial charge in [0.1, 0.15) is 0 Å². The highest BCUT2D eigenvalue weighted by atomic mass is 28.3. The first-order chi connectivity index (χ1) is 6.27. The molecular formula is C8H6O4Si. The summed E-state index contributed by atoms with van der Waals surface area (Å²) in [5.74, 6) is -0.846. The summed E-state index contributed by atoms with van der Waals surface area (Å²) in [6.45, 7) is 0. The van der Waals surface area contributed by atoms with Gasteiger partial charge in [0.15, 0.2) is 0 Å². The maximum atomic E-state index is 11.2. The third-order valence-corrected chi connectivity index (χ3v) is 2.50. The summed E-state index contributed by atoms with van der Waals surface area (Å²) in [7, 11) is -1.51. The van der Waals surface area contributed by atoms with Crippen molar-refractivity contribution in [2.75, 3.05) is 0 Å². The Hall–Kier alpha value is -1.62. The third kappa shape index (κ3) is 1.45. The second kappa shape index (κ2) is 3.02. The zero-order valence-corrected chi connectivity index (χ0v) is 8.06. The fraction of sp³-hybridized carbons (Fsp3) is 0. The lowest BCUT2D eigenvalue weighted by Crippen LogP contribution is -2.13. The molecule has 0 atom stereocenters. The van der Waals surface area contributed by atoms with Gasteiger partial charge in [-0.2, -0.15) is 0 Å². The number of rotatable bonds is 0. The molecule has 0 fully saturated rings. The van der Waals surface area contributed by atoms with Gasteiger partial charge >= 0.3 is 21.9 Å². The van der Waals surface area contributed by atoms with Crippen LogP contribution in [0.3, 0.4) is 0 Å². The number of benzene rings is 1. The number of hydrogen-bond acceptors (Lipinski definition) is 4. The van der Waals surface area contributed by atoms with Crippen molar-refractivity contribution < 1.29 is 18.4 Å². The normalized spacial score (nSPS) is 15.4. The van der Waals surface area contributed by atoms with Crippen LogP contribution >= 0.6 is 0 Å². The molecule has 0 N–H and O–H groups in total. The molecule has 13 heavy (non-hydrogen) atoms. The molecule has 0 saturated carbocycles. The van der Waals surface area contributed by atoms with Crippen molar-refractivity contribution in [3.05, 3.63) is 35.4 Å². The van der Waals surface area contributed by atoms with Crippen molar-refractivity contribution in [3.8, 4) is 0 Å². The van der Waals surface area contributed by atoms with E-state index in [2.05, 4.69) is 0 Å². The summed E-state index contributed by atoms with van der Waals surface area (Å²) in [4.78, 5) is 22.3. The molecule has 2 aliphatic heterocycles. The monoisotopic (exact) mass is 194 g/mol. The average Bonchev–Trinajstić information content (AvgIpc) is 2.25. The van der Waals surface area contributed by atoms with E-state index >= 15 is 0 Å². The zero-order chi connectivity index (χ0) is 9.26. The predicted molar refractivity (Wildman–Crippen MR) is 45.8 cm³/mol. The largest absolute Gasteiger partial charge is 0.486 e. The van der Waals surface area contributed by atoms with E-state index in [4.69, 9.17) is 8.85 Å². The lowest BCUT2D eigenvalue weighted by Gasteiger charge is -2.01. The van der Waals surface area contributed by atoms with E-state index in [1.807, 2.05) is 0 Å². The Labute approximate surface area is 76.5 Å². The molecule has 0 unspecified atom stereocenters. The molecule has 66 valence electrons. The van der Waals surface area contributed by atoms with Crippen LogP contribution < -0.4 is 0 Å². The number of carbonyl (C=O) groups excluding carboxylic acids is 2. The Balaban J connectivity index is 2.46. The van der Waals surface area contributed by atoms with E-state index < -0.39 is 21.9 Å². The van der Waals surface area contributed by atoms with E-state index in [1.54, 1.807) is 24.3 Å². The highest BCUT2D eigenvalue weighted by molar-refractivity contribution is 6.28. The minimum atomic E-state index is -1.51. The van der Waals surface area contributed by atoms with Gasteiger partial charge in [-0.05, 0) is 24.3 Å². The minimum Gasteiger partial charge on any atom is -0.486 e. The highest BCUT2D eigenvalue weighted by Gasteiger charge is 2.14. The van der Waals surface area contributed by atoms with E-state index in [-0.39, 0.29) is 0 Å². The Bertz CT molecular complexity index is 322. The number of fused-ring (bicyclic) bond motifs is 6. The van der Waals surface area contributed by atoms with Crippen molar-refractivity contribution >= 4 is 21.9 Å². The minimum absolute atomic E-state index is 0.423. The van der Waals surface area contributed by atoms with E-state index in [0.717, 1.165) is 0 Å². The fourth-order valence-corrected chi connectivity index (χ4v) is 1.65. The first-order valence-corrected chi connectivity index (χ1v) is 4.87. The van der Waals surface area contributed by atoms with E-state index in [1.165, 1.54) is 0 Å². The molecule has 3 rings (SSSR count).